The van der Waals surface area contributed by atoms with Crippen LogP contribution >= 0.6 is 0 Å². The smallest absolute Gasteiger partial charge is 0.227 e. The molecule has 0 aromatic rings. The van der Waals surface area contributed by atoms with E-state index in [1.54, 1.807) is 0 Å². The first-order valence-corrected chi connectivity index (χ1v) is 8.05. The summed E-state index contributed by atoms with van der Waals surface area (Å²) in [6.45, 7) is 8.67. The van der Waals surface area contributed by atoms with Crippen molar-refractivity contribution in [3.05, 3.63) is 0 Å². The van der Waals surface area contributed by atoms with E-state index in [4.69, 9.17) is 5.73 Å². The molecular weight excluding hydrogens is 236 g/mol. The third kappa shape index (κ3) is 3.31. The molecule has 3 atom stereocenters. The van der Waals surface area contributed by atoms with Gasteiger partial charge in [-0.1, -0.05) is 27.2 Å². The van der Waals surface area contributed by atoms with Crippen molar-refractivity contribution < 1.29 is 4.79 Å². The van der Waals surface area contributed by atoms with Gasteiger partial charge in [0.05, 0.1) is 5.92 Å². The van der Waals surface area contributed by atoms with E-state index in [1.807, 2.05) is 0 Å². The van der Waals surface area contributed by atoms with Gasteiger partial charge >= 0.3 is 0 Å². The molecule has 3 heteroatoms. The Bertz CT molecular complexity index is 298. The van der Waals surface area contributed by atoms with E-state index >= 15 is 0 Å². The average Bonchev–Trinajstić information content (AvgIpc) is 2.38. The van der Waals surface area contributed by atoms with Crippen molar-refractivity contribution >= 4 is 5.91 Å². The van der Waals surface area contributed by atoms with Crippen LogP contribution in [0.4, 0.5) is 0 Å². The molecule has 110 valence electrons. The highest BCUT2D eigenvalue weighted by Crippen LogP contribution is 2.32. The summed E-state index contributed by atoms with van der Waals surface area (Å²) in [4.78, 5) is 14.8. The Morgan fingerprint density at radius 2 is 1.79 bits per heavy atom. The van der Waals surface area contributed by atoms with Crippen LogP contribution < -0.4 is 5.73 Å². The lowest BCUT2D eigenvalue weighted by Gasteiger charge is -2.40. The molecule has 3 unspecified atom stereocenters. The normalized spacial score (nSPS) is 33.7. The van der Waals surface area contributed by atoms with Gasteiger partial charge in [-0.3, -0.25) is 4.79 Å². The molecule has 1 aliphatic heterocycles. The van der Waals surface area contributed by atoms with Crippen LogP contribution in [0.15, 0.2) is 0 Å². The fourth-order valence-electron chi connectivity index (χ4n) is 3.88. The lowest BCUT2D eigenvalue weighted by atomic mass is 9.76. The van der Waals surface area contributed by atoms with Gasteiger partial charge in [0.2, 0.25) is 5.91 Å². The van der Waals surface area contributed by atoms with Gasteiger partial charge < -0.3 is 10.6 Å². The van der Waals surface area contributed by atoms with Crippen molar-refractivity contribution in [3.63, 3.8) is 0 Å². The van der Waals surface area contributed by atoms with Gasteiger partial charge in [0, 0.05) is 19.1 Å². The molecule has 2 rings (SSSR count). The Morgan fingerprint density at radius 1 is 1.16 bits per heavy atom. The van der Waals surface area contributed by atoms with Crippen molar-refractivity contribution in [2.24, 2.45) is 29.4 Å². The number of carbonyl (C=O) groups is 1. The topological polar surface area (TPSA) is 46.3 Å². The first-order valence-electron chi connectivity index (χ1n) is 8.05. The van der Waals surface area contributed by atoms with E-state index in [0.717, 1.165) is 37.8 Å². The Kier molecular flexibility index (Phi) is 4.88. The van der Waals surface area contributed by atoms with Crippen molar-refractivity contribution in [2.45, 2.75) is 58.9 Å². The molecule has 1 saturated heterocycles. The molecule has 1 saturated carbocycles. The molecule has 1 heterocycles. The zero-order chi connectivity index (χ0) is 14.0. The van der Waals surface area contributed by atoms with Crippen LogP contribution in [-0.2, 0) is 4.79 Å². The Morgan fingerprint density at radius 3 is 2.32 bits per heavy atom. The van der Waals surface area contributed by atoms with Crippen molar-refractivity contribution in [2.75, 3.05) is 13.1 Å². The van der Waals surface area contributed by atoms with Crippen LogP contribution in [0.3, 0.4) is 0 Å². The number of carbonyl (C=O) groups excluding carboxylic acids is 1. The summed E-state index contributed by atoms with van der Waals surface area (Å²) in [5.41, 5.74) is 6.21. The summed E-state index contributed by atoms with van der Waals surface area (Å²) in [7, 11) is 0. The number of nitrogens with zero attached hydrogens (tertiary/aromatic N) is 1. The second-order valence-corrected chi connectivity index (χ2v) is 7.00. The number of amides is 1. The first-order chi connectivity index (χ1) is 9.00. The largest absolute Gasteiger partial charge is 0.342 e. The molecule has 2 N–H and O–H groups in total. The van der Waals surface area contributed by atoms with Gasteiger partial charge in [0.25, 0.3) is 0 Å². The minimum Gasteiger partial charge on any atom is -0.342 e. The quantitative estimate of drug-likeness (QED) is 0.835. The standard InChI is InChI=1S/C16H30N2O/c1-11(2)13-7-9-18(10-8-13)16(19)15-12(3)5-4-6-14(15)17/h11-15H,4-10,17H2,1-3H3. The van der Waals surface area contributed by atoms with Gasteiger partial charge in [0.15, 0.2) is 0 Å². The molecule has 0 radical (unpaired) electrons. The lowest BCUT2D eigenvalue weighted by molar-refractivity contribution is -0.140. The molecule has 3 nitrogen and oxygen atoms in total. The summed E-state index contributed by atoms with van der Waals surface area (Å²) >= 11 is 0. The minimum atomic E-state index is 0.0735. The Labute approximate surface area is 117 Å². The maximum absolute atomic E-state index is 12.7. The second kappa shape index (κ2) is 6.25. The minimum absolute atomic E-state index is 0.0735. The summed E-state index contributed by atoms with van der Waals surface area (Å²) in [5, 5.41) is 0. The molecular formula is C16H30N2O. The number of hydrogen-bond acceptors (Lipinski definition) is 2. The Hall–Kier alpha value is -0.570. The molecule has 0 aromatic carbocycles. The fourth-order valence-corrected chi connectivity index (χ4v) is 3.88. The van der Waals surface area contributed by atoms with Gasteiger partial charge in [-0.05, 0) is 43.4 Å². The van der Waals surface area contributed by atoms with Crippen LogP contribution in [0.2, 0.25) is 0 Å². The van der Waals surface area contributed by atoms with Crippen LogP contribution in [0, 0.1) is 23.7 Å². The van der Waals surface area contributed by atoms with Gasteiger partial charge in [-0.15, -0.1) is 0 Å². The number of nitrogens with two attached hydrogens (primary N) is 1. The van der Waals surface area contributed by atoms with Crippen LogP contribution in [0.1, 0.15) is 52.9 Å². The van der Waals surface area contributed by atoms with Crippen LogP contribution in [-0.4, -0.2) is 29.9 Å². The predicted octanol–water partition coefficient (Wildman–Crippen LogP) is 2.64. The maximum Gasteiger partial charge on any atom is 0.227 e. The molecule has 1 aliphatic carbocycles. The summed E-state index contributed by atoms with van der Waals surface area (Å²) < 4.78 is 0. The number of rotatable bonds is 2. The van der Waals surface area contributed by atoms with Crippen LogP contribution in [0.25, 0.3) is 0 Å². The van der Waals surface area contributed by atoms with E-state index in [1.165, 1.54) is 19.3 Å². The molecule has 0 spiro atoms. The molecule has 2 aliphatic rings. The van der Waals surface area contributed by atoms with Gasteiger partial charge in [-0.25, -0.2) is 0 Å². The van der Waals surface area contributed by atoms with E-state index in [2.05, 4.69) is 25.7 Å². The maximum atomic E-state index is 12.7. The molecule has 19 heavy (non-hydrogen) atoms. The zero-order valence-electron chi connectivity index (χ0n) is 12.8. The van der Waals surface area contributed by atoms with Gasteiger partial charge in [0.1, 0.15) is 0 Å². The fraction of sp³-hybridized carbons (Fsp3) is 0.938. The third-order valence-electron chi connectivity index (χ3n) is 5.35. The van der Waals surface area contributed by atoms with Gasteiger partial charge in [-0.2, -0.15) is 0 Å². The lowest BCUT2D eigenvalue weighted by Crippen LogP contribution is -2.51. The third-order valence-corrected chi connectivity index (χ3v) is 5.35. The monoisotopic (exact) mass is 266 g/mol. The van der Waals surface area contributed by atoms with E-state index in [0.29, 0.717) is 11.8 Å². The average molecular weight is 266 g/mol. The molecule has 0 aromatic heterocycles. The number of hydrogen-bond donors (Lipinski definition) is 1. The van der Waals surface area contributed by atoms with Crippen molar-refractivity contribution in [3.8, 4) is 0 Å². The highest BCUT2D eigenvalue weighted by atomic mass is 16.2. The Balaban J connectivity index is 1.93. The van der Waals surface area contributed by atoms with E-state index < -0.39 is 0 Å². The summed E-state index contributed by atoms with van der Waals surface area (Å²) in [6.07, 6.45) is 5.69. The molecule has 1 amide bonds. The zero-order valence-corrected chi connectivity index (χ0v) is 12.8. The van der Waals surface area contributed by atoms with Crippen molar-refractivity contribution in [1.82, 2.24) is 4.90 Å². The van der Waals surface area contributed by atoms with E-state index in [9.17, 15) is 4.79 Å². The summed E-state index contributed by atoms with van der Waals surface area (Å²) in [5.74, 6) is 2.40. The highest BCUT2D eigenvalue weighted by Gasteiger charge is 2.37. The SMILES string of the molecule is CC(C)C1CCN(C(=O)C2C(C)CCCC2N)CC1. The number of piperidine rings is 1. The van der Waals surface area contributed by atoms with Crippen LogP contribution in [0.5, 0.6) is 0 Å². The predicted molar refractivity (Wildman–Crippen MR) is 78.6 cm³/mol. The summed E-state index contributed by atoms with van der Waals surface area (Å²) in [6, 6.07) is 0.0825. The molecule has 2 fully saturated rings. The highest BCUT2D eigenvalue weighted by molar-refractivity contribution is 5.80. The second-order valence-electron chi connectivity index (χ2n) is 7.00. The van der Waals surface area contributed by atoms with E-state index in [-0.39, 0.29) is 12.0 Å². The first kappa shape index (κ1) is 14.8. The molecule has 0 bridgehead atoms. The number of likely N-dealkylation sites (tertiary alicyclic amines) is 1. The van der Waals surface area contributed by atoms with Crippen molar-refractivity contribution in [1.29, 1.82) is 0 Å².